The van der Waals surface area contributed by atoms with Crippen molar-refractivity contribution in [3.05, 3.63) is 29.8 Å². The van der Waals surface area contributed by atoms with Crippen LogP contribution in [0.2, 0.25) is 0 Å². The lowest BCUT2D eigenvalue weighted by atomic mass is 9.97. The highest BCUT2D eigenvalue weighted by Crippen LogP contribution is 2.15. The third kappa shape index (κ3) is 3.73. The van der Waals surface area contributed by atoms with E-state index in [9.17, 15) is 9.18 Å². The molecule has 4 nitrogen and oxygen atoms in total. The van der Waals surface area contributed by atoms with Crippen molar-refractivity contribution < 1.29 is 9.18 Å². The number of hydrogen-bond donors (Lipinski definition) is 1. The molecule has 1 fully saturated rings. The Balaban J connectivity index is 2.02. The quantitative estimate of drug-likeness (QED) is 0.901. The third-order valence-electron chi connectivity index (χ3n) is 3.56. The van der Waals surface area contributed by atoms with Crippen LogP contribution in [0.5, 0.6) is 0 Å². The average Bonchev–Trinajstić information content (AvgIpc) is 2.45. The largest absolute Gasteiger partial charge is 0.339 e. The van der Waals surface area contributed by atoms with E-state index < -0.39 is 5.82 Å². The first-order valence-electron chi connectivity index (χ1n) is 6.81. The van der Waals surface area contributed by atoms with E-state index in [0.717, 1.165) is 38.7 Å². The van der Waals surface area contributed by atoms with Gasteiger partial charge in [-0.15, -0.1) is 0 Å². The molecule has 1 aliphatic rings. The molecule has 0 radical (unpaired) electrons. The molecule has 1 aliphatic heterocycles. The Morgan fingerprint density at radius 1 is 1.47 bits per heavy atom. The Kier molecular flexibility index (Phi) is 4.85. The maximum Gasteiger partial charge on any atom is 0.255 e. The summed E-state index contributed by atoms with van der Waals surface area (Å²) in [4.78, 5) is 17.8. The minimum absolute atomic E-state index is 0.131. The highest BCUT2D eigenvalue weighted by Gasteiger charge is 2.21. The highest BCUT2D eigenvalue weighted by atomic mass is 19.1. The van der Waals surface area contributed by atoms with E-state index in [1.807, 2.05) is 6.92 Å². The van der Waals surface area contributed by atoms with Gasteiger partial charge in [0.05, 0.1) is 11.8 Å². The summed E-state index contributed by atoms with van der Waals surface area (Å²) < 4.78 is 13.1. The number of carbonyl (C=O) groups excluding carboxylic acids is 1. The number of hydrogen-bond acceptors (Lipinski definition) is 3. The van der Waals surface area contributed by atoms with Crippen LogP contribution in [0.4, 0.5) is 4.39 Å². The van der Waals surface area contributed by atoms with Crippen molar-refractivity contribution >= 4 is 5.91 Å². The molecule has 0 spiro atoms. The lowest BCUT2D eigenvalue weighted by Gasteiger charge is -2.29. The van der Waals surface area contributed by atoms with Gasteiger partial charge in [-0.1, -0.05) is 0 Å². The lowest BCUT2D eigenvalue weighted by molar-refractivity contribution is 0.0726. The number of carbonyl (C=O) groups is 1. The summed E-state index contributed by atoms with van der Waals surface area (Å²) in [7, 11) is 0. The maximum atomic E-state index is 13.1. The summed E-state index contributed by atoms with van der Waals surface area (Å²) in [5.74, 6) is -0.0662. The van der Waals surface area contributed by atoms with E-state index in [0.29, 0.717) is 18.0 Å². The van der Waals surface area contributed by atoms with Gasteiger partial charge in [0.25, 0.3) is 5.91 Å². The monoisotopic (exact) mass is 265 g/mol. The predicted molar refractivity (Wildman–Crippen MR) is 71.4 cm³/mol. The second kappa shape index (κ2) is 6.61. The van der Waals surface area contributed by atoms with E-state index in [4.69, 9.17) is 0 Å². The third-order valence-corrected chi connectivity index (χ3v) is 3.56. The Labute approximate surface area is 113 Å². The molecule has 1 aromatic rings. The summed E-state index contributed by atoms with van der Waals surface area (Å²) in [6.07, 6.45) is 4.72. The molecule has 0 unspecified atom stereocenters. The molecule has 1 amide bonds. The number of nitrogens with one attached hydrogen (secondary N) is 1. The summed E-state index contributed by atoms with van der Waals surface area (Å²) >= 11 is 0. The van der Waals surface area contributed by atoms with Crippen molar-refractivity contribution in [3.63, 3.8) is 0 Å². The fourth-order valence-corrected chi connectivity index (χ4v) is 2.44. The molecule has 2 heterocycles. The zero-order valence-electron chi connectivity index (χ0n) is 11.2. The van der Waals surface area contributed by atoms with Crippen LogP contribution in [0.25, 0.3) is 0 Å². The van der Waals surface area contributed by atoms with Crippen LogP contribution >= 0.6 is 0 Å². The van der Waals surface area contributed by atoms with E-state index in [2.05, 4.69) is 10.3 Å². The zero-order valence-corrected chi connectivity index (χ0v) is 11.2. The number of amides is 1. The molecule has 1 aromatic heterocycles. The van der Waals surface area contributed by atoms with Crippen molar-refractivity contribution in [3.8, 4) is 0 Å². The first-order chi connectivity index (χ1) is 9.20. The maximum absolute atomic E-state index is 13.1. The number of aromatic nitrogens is 1. The van der Waals surface area contributed by atoms with Gasteiger partial charge in [-0.3, -0.25) is 9.78 Å². The molecule has 104 valence electrons. The van der Waals surface area contributed by atoms with Gasteiger partial charge in [0.1, 0.15) is 5.82 Å². The van der Waals surface area contributed by atoms with Crippen LogP contribution in [0, 0.1) is 11.7 Å². The molecule has 1 N–H and O–H groups in total. The van der Waals surface area contributed by atoms with Crippen LogP contribution in [0.3, 0.4) is 0 Å². The van der Waals surface area contributed by atoms with Crippen LogP contribution in [0.15, 0.2) is 18.5 Å². The molecule has 0 saturated carbocycles. The fourth-order valence-electron chi connectivity index (χ4n) is 2.44. The van der Waals surface area contributed by atoms with E-state index in [1.54, 1.807) is 4.90 Å². The Morgan fingerprint density at radius 3 is 2.84 bits per heavy atom. The molecular formula is C14H20FN3O. The lowest BCUT2D eigenvalue weighted by Crippen LogP contribution is -2.39. The topological polar surface area (TPSA) is 45.2 Å². The second-order valence-electron chi connectivity index (χ2n) is 4.93. The molecular weight excluding hydrogens is 245 g/mol. The van der Waals surface area contributed by atoms with Gasteiger partial charge in [0, 0.05) is 19.3 Å². The van der Waals surface area contributed by atoms with Gasteiger partial charge >= 0.3 is 0 Å². The Bertz CT molecular complexity index is 432. The normalized spacial score (nSPS) is 16.3. The number of halogens is 1. The van der Waals surface area contributed by atoms with Gasteiger partial charge in [0.15, 0.2) is 0 Å². The van der Waals surface area contributed by atoms with E-state index in [1.165, 1.54) is 12.3 Å². The van der Waals surface area contributed by atoms with Gasteiger partial charge in [-0.05, 0) is 44.8 Å². The first-order valence-corrected chi connectivity index (χ1v) is 6.81. The van der Waals surface area contributed by atoms with Crippen molar-refractivity contribution in [2.45, 2.75) is 19.8 Å². The second-order valence-corrected chi connectivity index (χ2v) is 4.93. The van der Waals surface area contributed by atoms with Crippen LogP contribution in [0.1, 0.15) is 30.1 Å². The molecule has 0 bridgehead atoms. The minimum atomic E-state index is -0.469. The van der Waals surface area contributed by atoms with Gasteiger partial charge in [-0.2, -0.15) is 0 Å². The Hall–Kier alpha value is -1.49. The van der Waals surface area contributed by atoms with Crippen molar-refractivity contribution in [2.24, 2.45) is 5.92 Å². The first kappa shape index (κ1) is 13.9. The minimum Gasteiger partial charge on any atom is -0.339 e. The molecule has 19 heavy (non-hydrogen) atoms. The summed E-state index contributed by atoms with van der Waals surface area (Å²) in [6, 6.07) is 1.25. The molecule has 1 saturated heterocycles. The smallest absolute Gasteiger partial charge is 0.255 e. The Morgan fingerprint density at radius 2 is 2.21 bits per heavy atom. The zero-order chi connectivity index (χ0) is 13.7. The van der Waals surface area contributed by atoms with Gasteiger partial charge < -0.3 is 10.2 Å². The van der Waals surface area contributed by atoms with Gasteiger partial charge in [-0.25, -0.2) is 4.39 Å². The van der Waals surface area contributed by atoms with Crippen molar-refractivity contribution in [1.82, 2.24) is 15.2 Å². The number of pyridine rings is 1. The van der Waals surface area contributed by atoms with Crippen molar-refractivity contribution in [1.29, 1.82) is 0 Å². The summed E-state index contributed by atoms with van der Waals surface area (Å²) in [6.45, 7) is 5.36. The standard InChI is InChI=1S/C14H20FN3O/c1-2-18(10-11-3-5-16-6-4-11)14(19)12-7-13(15)9-17-8-12/h7-9,11,16H,2-6,10H2,1H3. The molecule has 0 aromatic carbocycles. The van der Waals surface area contributed by atoms with Crippen LogP contribution in [-0.4, -0.2) is 42.0 Å². The predicted octanol–water partition coefficient (Wildman–Crippen LogP) is 1.68. The number of nitrogens with zero attached hydrogens (tertiary/aromatic N) is 2. The summed E-state index contributed by atoms with van der Waals surface area (Å²) in [5.41, 5.74) is 0.329. The van der Waals surface area contributed by atoms with Gasteiger partial charge in [0.2, 0.25) is 0 Å². The number of piperidine rings is 1. The molecule has 0 atom stereocenters. The number of rotatable bonds is 4. The van der Waals surface area contributed by atoms with Crippen LogP contribution in [-0.2, 0) is 0 Å². The van der Waals surface area contributed by atoms with Crippen molar-refractivity contribution in [2.75, 3.05) is 26.2 Å². The summed E-state index contributed by atoms with van der Waals surface area (Å²) in [5, 5.41) is 3.31. The SMILES string of the molecule is CCN(CC1CCNCC1)C(=O)c1cncc(F)c1. The molecule has 2 rings (SSSR count). The molecule has 5 heteroatoms. The van der Waals surface area contributed by atoms with E-state index >= 15 is 0 Å². The van der Waals surface area contributed by atoms with E-state index in [-0.39, 0.29) is 5.91 Å². The highest BCUT2D eigenvalue weighted by molar-refractivity contribution is 5.93. The average molecular weight is 265 g/mol. The van der Waals surface area contributed by atoms with Crippen LogP contribution < -0.4 is 5.32 Å². The fraction of sp³-hybridized carbons (Fsp3) is 0.571. The molecule has 0 aliphatic carbocycles.